The van der Waals surface area contributed by atoms with Crippen LogP contribution in [-0.2, 0) is 17.8 Å². The first-order valence-corrected chi connectivity index (χ1v) is 8.76. The first kappa shape index (κ1) is 16.5. The van der Waals surface area contributed by atoms with E-state index in [0.29, 0.717) is 18.1 Å². The molecule has 3 rings (SSSR count). The molecule has 0 unspecified atom stereocenters. The Morgan fingerprint density at radius 1 is 1.33 bits per heavy atom. The number of hydrogen-bond donors (Lipinski definition) is 3. The topological polar surface area (TPSA) is 90.9 Å². The summed E-state index contributed by atoms with van der Waals surface area (Å²) in [7, 11) is 0. The highest BCUT2D eigenvalue weighted by Crippen LogP contribution is 2.19. The lowest BCUT2D eigenvalue weighted by molar-refractivity contribution is -0.139. The van der Waals surface area contributed by atoms with Crippen molar-refractivity contribution in [1.82, 2.24) is 20.3 Å². The predicted octanol–water partition coefficient (Wildman–Crippen LogP) is 2.47. The Bertz CT molecular complexity index is 832. The zero-order valence-corrected chi connectivity index (χ0v) is 14.0. The van der Waals surface area contributed by atoms with Gasteiger partial charge < -0.3 is 10.1 Å². The molecular formula is C17H18N4O2S. The quantitative estimate of drug-likeness (QED) is 0.451. The van der Waals surface area contributed by atoms with Gasteiger partial charge in [-0.25, -0.2) is 9.97 Å². The summed E-state index contributed by atoms with van der Waals surface area (Å²) >= 11 is 1.47. The number of fused-ring (bicyclic) bond motifs is 1. The van der Waals surface area contributed by atoms with Crippen molar-refractivity contribution in [3.05, 3.63) is 54.0 Å². The van der Waals surface area contributed by atoms with Gasteiger partial charge in [0, 0.05) is 48.0 Å². The van der Waals surface area contributed by atoms with Gasteiger partial charge in [0.15, 0.2) is 5.16 Å². The normalized spacial score (nSPS) is 12.4. The second-order valence-electron chi connectivity index (χ2n) is 5.41. The summed E-state index contributed by atoms with van der Waals surface area (Å²) in [5.41, 5.74) is 2.86. The van der Waals surface area contributed by atoms with Crippen molar-refractivity contribution in [2.24, 2.45) is 0 Å². The minimum Gasteiger partial charge on any atom is -0.480 e. The van der Waals surface area contributed by atoms with Crippen molar-refractivity contribution in [2.75, 3.05) is 6.26 Å². The fourth-order valence-electron chi connectivity index (χ4n) is 2.55. The SMILES string of the molecule is CSc1ncc(CN[C@H](Cc2c[nH]c3ccccc23)C(=O)O)cn1. The number of H-pyrrole nitrogens is 1. The number of benzene rings is 1. The molecule has 0 aliphatic rings. The van der Waals surface area contributed by atoms with E-state index in [1.807, 2.05) is 36.7 Å². The molecule has 3 N–H and O–H groups in total. The second-order valence-corrected chi connectivity index (χ2v) is 6.19. The second kappa shape index (κ2) is 7.46. The standard InChI is InChI=1S/C17H18N4O2S/c1-24-17-20-8-11(9-21-17)7-18-15(16(22)23)6-12-10-19-14-5-3-2-4-13(12)14/h2-5,8-10,15,18-19H,6-7H2,1H3,(H,22,23)/t15-/m1/s1. The van der Waals surface area contributed by atoms with Gasteiger partial charge in [-0.3, -0.25) is 10.1 Å². The molecular weight excluding hydrogens is 324 g/mol. The maximum Gasteiger partial charge on any atom is 0.321 e. The molecule has 0 amide bonds. The number of carbonyl (C=O) groups is 1. The molecule has 24 heavy (non-hydrogen) atoms. The van der Waals surface area contributed by atoms with E-state index in [0.717, 1.165) is 22.0 Å². The molecule has 0 saturated heterocycles. The van der Waals surface area contributed by atoms with E-state index in [9.17, 15) is 9.90 Å². The number of carboxylic acids is 1. The van der Waals surface area contributed by atoms with Crippen LogP contribution in [0.25, 0.3) is 10.9 Å². The summed E-state index contributed by atoms with van der Waals surface area (Å²) in [6.07, 6.45) is 7.63. The van der Waals surface area contributed by atoms with Crippen LogP contribution in [0.4, 0.5) is 0 Å². The first-order chi connectivity index (χ1) is 11.7. The smallest absolute Gasteiger partial charge is 0.321 e. The third-order valence-corrected chi connectivity index (χ3v) is 4.39. The van der Waals surface area contributed by atoms with Gasteiger partial charge in [-0.2, -0.15) is 0 Å². The van der Waals surface area contributed by atoms with Gasteiger partial charge in [0.2, 0.25) is 0 Å². The monoisotopic (exact) mass is 342 g/mol. The molecule has 0 aliphatic heterocycles. The Labute approximate surface area is 143 Å². The maximum absolute atomic E-state index is 11.6. The van der Waals surface area contributed by atoms with Crippen LogP contribution >= 0.6 is 11.8 Å². The van der Waals surface area contributed by atoms with Crippen LogP contribution in [-0.4, -0.2) is 38.3 Å². The third kappa shape index (κ3) is 3.74. The van der Waals surface area contributed by atoms with Gasteiger partial charge in [0.25, 0.3) is 0 Å². The van der Waals surface area contributed by atoms with Crippen LogP contribution in [0, 0.1) is 0 Å². The van der Waals surface area contributed by atoms with Crippen molar-refractivity contribution in [1.29, 1.82) is 0 Å². The number of carboxylic acid groups (broad SMARTS) is 1. The van der Waals surface area contributed by atoms with E-state index >= 15 is 0 Å². The Hall–Kier alpha value is -2.38. The lowest BCUT2D eigenvalue weighted by Crippen LogP contribution is -2.38. The molecule has 0 radical (unpaired) electrons. The van der Waals surface area contributed by atoms with Crippen LogP contribution in [0.1, 0.15) is 11.1 Å². The fourth-order valence-corrected chi connectivity index (χ4v) is 2.86. The molecule has 1 aromatic carbocycles. The van der Waals surface area contributed by atoms with Crippen molar-refractivity contribution in [2.45, 2.75) is 24.2 Å². The molecule has 0 saturated carbocycles. The van der Waals surface area contributed by atoms with Crippen molar-refractivity contribution < 1.29 is 9.90 Å². The fraction of sp³-hybridized carbons (Fsp3) is 0.235. The average molecular weight is 342 g/mol. The molecule has 1 atom stereocenters. The van der Waals surface area contributed by atoms with E-state index in [1.54, 1.807) is 12.4 Å². The first-order valence-electron chi connectivity index (χ1n) is 7.53. The van der Waals surface area contributed by atoms with E-state index < -0.39 is 12.0 Å². The van der Waals surface area contributed by atoms with Crippen LogP contribution in [0.15, 0.2) is 48.0 Å². The van der Waals surface area contributed by atoms with Gasteiger partial charge in [-0.05, 0) is 17.9 Å². The van der Waals surface area contributed by atoms with Crippen LogP contribution in [0.3, 0.4) is 0 Å². The summed E-state index contributed by atoms with van der Waals surface area (Å²) in [4.78, 5) is 23.1. The van der Waals surface area contributed by atoms with Gasteiger partial charge in [-0.1, -0.05) is 30.0 Å². The Morgan fingerprint density at radius 3 is 2.79 bits per heavy atom. The summed E-state index contributed by atoms with van der Waals surface area (Å²) in [5, 5.41) is 14.3. The average Bonchev–Trinajstić information content (AvgIpc) is 3.02. The highest BCUT2D eigenvalue weighted by atomic mass is 32.2. The number of hydrogen-bond acceptors (Lipinski definition) is 5. The Balaban J connectivity index is 1.69. The number of aromatic amines is 1. The van der Waals surface area contributed by atoms with Crippen molar-refractivity contribution >= 4 is 28.6 Å². The minimum atomic E-state index is -0.873. The zero-order chi connectivity index (χ0) is 16.9. The molecule has 0 fully saturated rings. The van der Waals surface area contributed by atoms with Crippen molar-refractivity contribution in [3.8, 4) is 0 Å². The Morgan fingerprint density at radius 2 is 2.08 bits per heavy atom. The van der Waals surface area contributed by atoms with Gasteiger partial charge in [0.05, 0.1) is 0 Å². The third-order valence-electron chi connectivity index (χ3n) is 3.81. The van der Waals surface area contributed by atoms with Crippen molar-refractivity contribution in [3.63, 3.8) is 0 Å². The summed E-state index contributed by atoms with van der Waals surface area (Å²) in [6, 6.07) is 7.20. The van der Waals surface area contributed by atoms with Gasteiger partial charge in [-0.15, -0.1) is 0 Å². The minimum absolute atomic E-state index is 0.406. The zero-order valence-electron chi connectivity index (χ0n) is 13.2. The number of aromatic nitrogens is 3. The van der Waals surface area contributed by atoms with Crippen LogP contribution < -0.4 is 5.32 Å². The van der Waals surface area contributed by atoms with Gasteiger partial charge in [0.1, 0.15) is 6.04 Å². The van der Waals surface area contributed by atoms with E-state index in [2.05, 4.69) is 20.3 Å². The highest BCUT2D eigenvalue weighted by Gasteiger charge is 2.19. The van der Waals surface area contributed by atoms with E-state index in [4.69, 9.17) is 0 Å². The summed E-state index contributed by atoms with van der Waals surface area (Å²) < 4.78 is 0. The molecule has 0 aliphatic carbocycles. The van der Waals surface area contributed by atoms with E-state index in [1.165, 1.54) is 11.8 Å². The summed E-state index contributed by atoms with van der Waals surface area (Å²) in [6.45, 7) is 0.411. The molecule has 124 valence electrons. The number of aliphatic carboxylic acids is 1. The molecule has 2 aromatic heterocycles. The molecule has 6 nitrogen and oxygen atoms in total. The predicted molar refractivity (Wildman–Crippen MR) is 94.1 cm³/mol. The van der Waals surface area contributed by atoms with Gasteiger partial charge >= 0.3 is 5.97 Å². The number of thioether (sulfide) groups is 1. The molecule has 3 aromatic rings. The van der Waals surface area contributed by atoms with Crippen LogP contribution in [0.2, 0.25) is 0 Å². The maximum atomic E-state index is 11.6. The lowest BCUT2D eigenvalue weighted by Gasteiger charge is -2.14. The lowest BCUT2D eigenvalue weighted by atomic mass is 10.0. The van der Waals surface area contributed by atoms with Crippen LogP contribution in [0.5, 0.6) is 0 Å². The molecule has 0 spiro atoms. The molecule has 0 bridgehead atoms. The number of nitrogens with one attached hydrogen (secondary N) is 2. The number of rotatable bonds is 7. The number of nitrogens with zero attached hydrogens (tertiary/aromatic N) is 2. The highest BCUT2D eigenvalue weighted by molar-refractivity contribution is 7.98. The molecule has 2 heterocycles. The van der Waals surface area contributed by atoms with E-state index in [-0.39, 0.29) is 0 Å². The largest absolute Gasteiger partial charge is 0.480 e. The summed E-state index contributed by atoms with van der Waals surface area (Å²) in [5.74, 6) is -0.873. The molecule has 7 heteroatoms. The number of para-hydroxylation sites is 1. The Kier molecular flexibility index (Phi) is 5.12.